The number of halogens is 7. The van der Waals surface area contributed by atoms with Crippen LogP contribution in [0.3, 0.4) is 0 Å². The van der Waals surface area contributed by atoms with Gasteiger partial charge in [-0.3, -0.25) is 9.13 Å². The fraction of sp³-hybridized carbons (Fsp3) is 0.138. The van der Waals surface area contributed by atoms with E-state index in [1.54, 1.807) is 24.3 Å². The van der Waals surface area contributed by atoms with E-state index in [-0.39, 0.29) is 14.5 Å². The van der Waals surface area contributed by atoms with E-state index in [0.717, 1.165) is 21.5 Å². The summed E-state index contributed by atoms with van der Waals surface area (Å²) >= 11 is 11.8. The topological polar surface area (TPSA) is 152 Å². The van der Waals surface area contributed by atoms with Crippen LogP contribution in [0.2, 0.25) is 0 Å². The standard InChI is InChI=1S/C15H12BrF2O5PS.C14H13Br2F2O3PS/c16-13-6-9(4-5-12(13)15(17,18)24(21,22)23)8-25-11-3-1-2-10(7-11)14(19)20;1-3-11(15)6-9(2)23-8-10-4-5-12(13(16)7-10)14(17,18)22(19,20)21/h1-7H,8H2,(H,19,20)(H2,21,22,23);3-7H,1-2,8H2,(H2,19,20,21)/b;11-6+. The number of alkyl halides is 4. The summed E-state index contributed by atoms with van der Waals surface area (Å²) in [6.07, 6.45) is 3.38. The van der Waals surface area contributed by atoms with E-state index < -0.39 is 43.6 Å². The lowest BCUT2D eigenvalue weighted by molar-refractivity contribution is 0.0557. The predicted octanol–water partition coefficient (Wildman–Crippen LogP) is 10.6. The average molecular weight is 943 g/mol. The molecule has 0 atom stereocenters. The minimum absolute atomic E-state index is 0.0580. The van der Waals surface area contributed by atoms with Crippen LogP contribution in [0.1, 0.15) is 32.6 Å². The summed E-state index contributed by atoms with van der Waals surface area (Å²) < 4.78 is 77.5. The van der Waals surface area contributed by atoms with Crippen molar-refractivity contribution in [3.8, 4) is 0 Å². The molecule has 3 aromatic carbocycles. The van der Waals surface area contributed by atoms with Gasteiger partial charge in [0.25, 0.3) is 0 Å². The van der Waals surface area contributed by atoms with E-state index in [1.807, 2.05) is 0 Å². The lowest BCUT2D eigenvalue weighted by Gasteiger charge is -2.19. The number of carboxylic acids is 1. The van der Waals surface area contributed by atoms with E-state index >= 15 is 0 Å². The molecule has 19 heteroatoms. The first kappa shape index (κ1) is 42.7. The van der Waals surface area contributed by atoms with Crippen LogP contribution in [0.25, 0.3) is 0 Å². The molecule has 0 aliphatic rings. The second-order valence-electron chi connectivity index (χ2n) is 9.41. The highest BCUT2D eigenvalue weighted by Gasteiger charge is 2.52. The van der Waals surface area contributed by atoms with Crippen molar-refractivity contribution in [2.45, 2.75) is 27.7 Å². The first-order valence-corrected chi connectivity index (χ1v) is 20.3. The molecule has 3 rings (SSSR count). The second kappa shape index (κ2) is 17.6. The molecule has 0 aromatic heterocycles. The molecular formula is C29H25Br3F4O8P2S2. The molecule has 3 aromatic rings. The van der Waals surface area contributed by atoms with Crippen LogP contribution < -0.4 is 0 Å². The molecule has 0 bridgehead atoms. The molecule has 0 saturated carbocycles. The summed E-state index contributed by atoms with van der Waals surface area (Å²) in [7, 11) is -11.2. The van der Waals surface area contributed by atoms with Crippen LogP contribution in [-0.4, -0.2) is 30.6 Å². The van der Waals surface area contributed by atoms with Crippen LogP contribution >= 0.6 is 86.5 Å². The molecule has 0 saturated heterocycles. The maximum atomic E-state index is 13.8. The first-order valence-electron chi connectivity index (χ1n) is 12.7. The van der Waals surface area contributed by atoms with Gasteiger partial charge in [0.2, 0.25) is 0 Å². The summed E-state index contributed by atoms with van der Waals surface area (Å²) in [5, 5.41) is 8.95. The molecule has 0 heterocycles. The maximum absolute atomic E-state index is 13.8. The molecule has 0 aliphatic heterocycles. The number of benzene rings is 3. The summed E-state index contributed by atoms with van der Waals surface area (Å²) in [5.41, 5.74) is -8.58. The van der Waals surface area contributed by atoms with Gasteiger partial charge in [-0.2, -0.15) is 17.6 Å². The number of hydrogen-bond acceptors (Lipinski definition) is 5. The Morgan fingerprint density at radius 3 is 1.73 bits per heavy atom. The third-order valence-electron chi connectivity index (χ3n) is 5.85. The van der Waals surface area contributed by atoms with Crippen molar-refractivity contribution in [1.29, 1.82) is 0 Å². The zero-order chi connectivity index (χ0) is 36.7. The predicted molar refractivity (Wildman–Crippen MR) is 191 cm³/mol. The van der Waals surface area contributed by atoms with Gasteiger partial charge in [0.05, 0.1) is 5.56 Å². The number of aromatic carboxylic acids is 1. The minimum atomic E-state index is -5.63. The molecule has 8 nitrogen and oxygen atoms in total. The summed E-state index contributed by atoms with van der Waals surface area (Å²) in [5.74, 6) is -0.217. The Morgan fingerprint density at radius 2 is 1.31 bits per heavy atom. The number of hydrogen-bond donors (Lipinski definition) is 5. The highest BCUT2D eigenvalue weighted by molar-refractivity contribution is 9.12. The molecule has 0 radical (unpaired) electrons. The van der Waals surface area contributed by atoms with Gasteiger partial charge in [-0.15, -0.1) is 23.5 Å². The van der Waals surface area contributed by atoms with Gasteiger partial charge in [-0.05, 0) is 47.5 Å². The Hall–Kier alpha value is -1.49. The summed E-state index contributed by atoms with van der Waals surface area (Å²) in [6.45, 7) is 7.43. The fourth-order valence-electron chi connectivity index (χ4n) is 3.41. The van der Waals surface area contributed by atoms with Crippen LogP contribution in [0, 0.1) is 0 Å². The zero-order valence-corrected chi connectivity index (χ0v) is 32.3. The SMILES string of the molecule is C=C/C(Br)=C\C(=C)SCc1ccc(C(F)(F)P(=O)(O)O)c(Br)c1.O=C(O)c1cccc(SCc2ccc(C(F)(F)P(=O)(O)O)c(Br)c2)c1. The molecular weight excluding hydrogens is 918 g/mol. The van der Waals surface area contributed by atoms with Crippen molar-refractivity contribution >= 4 is 92.5 Å². The van der Waals surface area contributed by atoms with Gasteiger partial charge in [0.1, 0.15) is 0 Å². The minimum Gasteiger partial charge on any atom is -0.478 e. The quantitative estimate of drug-likeness (QED) is 0.0485. The maximum Gasteiger partial charge on any atom is 0.399 e. The van der Waals surface area contributed by atoms with Gasteiger partial charge in [0.15, 0.2) is 0 Å². The molecule has 5 N–H and O–H groups in total. The smallest absolute Gasteiger partial charge is 0.399 e. The second-order valence-corrected chi connectivity index (χ2v) is 17.5. The van der Waals surface area contributed by atoms with Crippen molar-refractivity contribution in [1.82, 2.24) is 0 Å². The number of allylic oxidation sites excluding steroid dienone is 3. The third kappa shape index (κ3) is 11.8. The van der Waals surface area contributed by atoms with Crippen LogP contribution in [0.4, 0.5) is 17.6 Å². The van der Waals surface area contributed by atoms with E-state index in [2.05, 4.69) is 60.9 Å². The van der Waals surface area contributed by atoms with Crippen molar-refractivity contribution in [2.24, 2.45) is 0 Å². The molecule has 0 unspecified atom stereocenters. The third-order valence-corrected chi connectivity index (χ3v) is 11.7. The molecule has 0 amide bonds. The van der Waals surface area contributed by atoms with Crippen molar-refractivity contribution in [3.63, 3.8) is 0 Å². The van der Waals surface area contributed by atoms with Gasteiger partial charge in [-0.25, -0.2) is 4.79 Å². The van der Waals surface area contributed by atoms with Gasteiger partial charge in [0, 0.05) is 45.9 Å². The number of carboxylic acid groups (broad SMARTS) is 1. The normalized spacial score (nSPS) is 12.6. The molecule has 0 spiro atoms. The Kier molecular flexibility index (Phi) is 15.7. The molecule has 48 heavy (non-hydrogen) atoms. The molecule has 260 valence electrons. The van der Waals surface area contributed by atoms with Gasteiger partial charge >= 0.3 is 32.5 Å². The largest absolute Gasteiger partial charge is 0.478 e. The Morgan fingerprint density at radius 1 is 0.833 bits per heavy atom. The van der Waals surface area contributed by atoms with E-state index in [4.69, 9.17) is 24.7 Å². The first-order chi connectivity index (χ1) is 22.0. The van der Waals surface area contributed by atoms with Crippen molar-refractivity contribution in [2.75, 3.05) is 0 Å². The number of rotatable bonds is 13. The van der Waals surface area contributed by atoms with Crippen LogP contribution in [0.15, 0.2) is 109 Å². The Balaban J connectivity index is 0.000000335. The van der Waals surface area contributed by atoms with E-state index in [9.17, 15) is 31.5 Å². The van der Waals surface area contributed by atoms with Gasteiger partial charge in [-0.1, -0.05) is 97.4 Å². The Labute approximate surface area is 306 Å². The monoisotopic (exact) mass is 940 g/mol. The lowest BCUT2D eigenvalue weighted by atomic mass is 10.1. The van der Waals surface area contributed by atoms with Gasteiger partial charge < -0.3 is 24.7 Å². The average Bonchev–Trinajstić information content (AvgIpc) is 2.98. The number of thioether (sulfide) groups is 2. The van der Waals surface area contributed by atoms with Crippen molar-refractivity contribution < 1.29 is 56.2 Å². The molecule has 0 aliphatic carbocycles. The van der Waals surface area contributed by atoms with E-state index in [1.165, 1.54) is 59.9 Å². The Bertz CT molecular complexity index is 1820. The number of carbonyl (C=O) groups is 1. The highest BCUT2D eigenvalue weighted by Crippen LogP contribution is 2.61. The highest BCUT2D eigenvalue weighted by atomic mass is 79.9. The van der Waals surface area contributed by atoms with Crippen molar-refractivity contribution in [3.05, 3.63) is 132 Å². The van der Waals surface area contributed by atoms with E-state index in [0.29, 0.717) is 27.5 Å². The fourth-order valence-corrected chi connectivity index (χ4v) is 8.16. The lowest BCUT2D eigenvalue weighted by Crippen LogP contribution is -2.14. The summed E-state index contributed by atoms with van der Waals surface area (Å²) in [6, 6.07) is 13.8. The van der Waals surface area contributed by atoms with Crippen LogP contribution in [-0.2, 0) is 32.0 Å². The zero-order valence-electron chi connectivity index (χ0n) is 24.1. The van der Waals surface area contributed by atoms with Crippen LogP contribution in [0.5, 0.6) is 0 Å². The summed E-state index contributed by atoms with van der Waals surface area (Å²) in [4.78, 5) is 47.5. The molecule has 0 fully saturated rings.